The van der Waals surface area contributed by atoms with E-state index in [-0.39, 0.29) is 0 Å². The van der Waals surface area contributed by atoms with Crippen LogP contribution < -0.4 is 0 Å². The van der Waals surface area contributed by atoms with Crippen LogP contribution in [0, 0.1) is 0 Å². The van der Waals surface area contributed by atoms with Crippen LogP contribution in [-0.2, 0) is 0 Å². The van der Waals surface area contributed by atoms with Crippen LogP contribution in [0.1, 0.15) is 32.6 Å². The maximum atomic E-state index is 9.43. The molecule has 11 heavy (non-hydrogen) atoms. The molecule has 0 radical (unpaired) electrons. The third-order valence-corrected chi connectivity index (χ3v) is 2.34. The normalized spacial score (nSPS) is 22.1. The molecule has 0 aliphatic carbocycles. The van der Waals surface area contributed by atoms with Gasteiger partial charge < -0.3 is 10.2 Å². The Morgan fingerprint density at radius 3 is 2.18 bits per heavy atom. The van der Waals surface area contributed by atoms with Crippen molar-refractivity contribution in [1.29, 1.82) is 0 Å². The largest absolute Gasteiger partial charge is 0.353 e. The Kier molecular flexibility index (Phi) is 2.87. The highest BCUT2D eigenvalue weighted by atomic mass is 16.5. The molecule has 2 N–H and O–H groups in total. The first-order valence-corrected chi connectivity index (χ1v) is 4.36. The van der Waals surface area contributed by atoms with Crippen molar-refractivity contribution in [2.24, 2.45) is 0 Å². The summed E-state index contributed by atoms with van der Waals surface area (Å²) >= 11 is 0. The third kappa shape index (κ3) is 2.15. The van der Waals surface area contributed by atoms with E-state index < -0.39 is 5.91 Å². The molecule has 0 aromatic carbocycles. The maximum Gasteiger partial charge on any atom is 0.224 e. The number of hydrogen-bond donors (Lipinski definition) is 2. The minimum absolute atomic E-state index is 0.382. The molecule has 0 atom stereocenters. The van der Waals surface area contributed by atoms with Crippen molar-refractivity contribution in [2.75, 3.05) is 13.1 Å². The molecular formula is C8H17NO2. The van der Waals surface area contributed by atoms with Gasteiger partial charge in [0.2, 0.25) is 5.91 Å². The summed E-state index contributed by atoms with van der Waals surface area (Å²) in [5, 5.41) is 18.9. The van der Waals surface area contributed by atoms with Crippen molar-refractivity contribution in [1.82, 2.24) is 4.90 Å². The van der Waals surface area contributed by atoms with E-state index in [0.29, 0.717) is 6.42 Å². The highest BCUT2D eigenvalue weighted by molar-refractivity contribution is 4.70. The first-order chi connectivity index (χ1) is 5.17. The summed E-state index contributed by atoms with van der Waals surface area (Å²) in [7, 11) is 0. The fourth-order valence-corrected chi connectivity index (χ4v) is 1.48. The Labute approximate surface area is 67.6 Å². The van der Waals surface area contributed by atoms with Gasteiger partial charge in [-0.25, -0.2) is 0 Å². The van der Waals surface area contributed by atoms with Gasteiger partial charge in [-0.3, -0.25) is 4.90 Å². The summed E-state index contributed by atoms with van der Waals surface area (Å²) in [5.41, 5.74) is 0. The van der Waals surface area contributed by atoms with Gasteiger partial charge in [0.25, 0.3) is 0 Å². The van der Waals surface area contributed by atoms with Crippen molar-refractivity contribution >= 4 is 0 Å². The van der Waals surface area contributed by atoms with E-state index in [0.717, 1.165) is 25.9 Å². The topological polar surface area (TPSA) is 43.7 Å². The lowest BCUT2D eigenvalue weighted by atomic mass is 10.1. The molecular weight excluding hydrogens is 142 g/mol. The molecule has 66 valence electrons. The predicted molar refractivity (Wildman–Crippen MR) is 42.9 cm³/mol. The summed E-state index contributed by atoms with van der Waals surface area (Å²) in [5.74, 6) is -1.56. The molecule has 0 aromatic heterocycles. The number of rotatable bonds is 2. The summed E-state index contributed by atoms with van der Waals surface area (Å²) in [4.78, 5) is 1.75. The zero-order chi connectivity index (χ0) is 8.32. The monoisotopic (exact) mass is 159 g/mol. The predicted octanol–water partition coefficient (Wildman–Crippen LogP) is 0.521. The van der Waals surface area contributed by atoms with Gasteiger partial charge in [0.1, 0.15) is 0 Å². The third-order valence-electron chi connectivity index (χ3n) is 2.34. The Morgan fingerprint density at radius 1 is 1.18 bits per heavy atom. The molecule has 1 aliphatic heterocycles. The van der Waals surface area contributed by atoms with Crippen LogP contribution in [0.5, 0.6) is 0 Å². The average molecular weight is 159 g/mol. The van der Waals surface area contributed by atoms with Gasteiger partial charge in [-0.15, -0.1) is 0 Å². The molecule has 3 nitrogen and oxygen atoms in total. The van der Waals surface area contributed by atoms with Crippen LogP contribution in [0.15, 0.2) is 0 Å². The van der Waals surface area contributed by atoms with Crippen molar-refractivity contribution in [2.45, 2.75) is 38.5 Å². The maximum absolute atomic E-state index is 9.43. The molecule has 0 amide bonds. The van der Waals surface area contributed by atoms with Gasteiger partial charge in [0.15, 0.2) is 0 Å². The van der Waals surface area contributed by atoms with Crippen LogP contribution >= 0.6 is 0 Å². The summed E-state index contributed by atoms with van der Waals surface area (Å²) in [6.07, 6.45) is 3.77. The molecule has 1 rings (SSSR count). The molecule has 0 unspecified atom stereocenters. The van der Waals surface area contributed by atoms with Crippen LogP contribution in [-0.4, -0.2) is 34.1 Å². The Balaban J connectivity index is 2.43. The number of hydrogen-bond acceptors (Lipinski definition) is 3. The van der Waals surface area contributed by atoms with E-state index in [1.54, 1.807) is 11.8 Å². The fraction of sp³-hybridized carbons (Fsp3) is 1.00. The fourth-order valence-electron chi connectivity index (χ4n) is 1.48. The van der Waals surface area contributed by atoms with Crippen molar-refractivity contribution in [3.63, 3.8) is 0 Å². The van der Waals surface area contributed by atoms with E-state index in [1.807, 2.05) is 0 Å². The smallest absolute Gasteiger partial charge is 0.224 e. The van der Waals surface area contributed by atoms with Crippen LogP contribution in [0.4, 0.5) is 0 Å². The molecule has 0 aromatic rings. The Morgan fingerprint density at radius 2 is 1.73 bits per heavy atom. The van der Waals surface area contributed by atoms with Crippen LogP contribution in [0.2, 0.25) is 0 Å². The molecule has 0 bridgehead atoms. The quantitative estimate of drug-likeness (QED) is 0.577. The SMILES string of the molecule is CCC(O)(O)N1CCCCC1. The van der Waals surface area contributed by atoms with Crippen molar-refractivity contribution in [3.8, 4) is 0 Å². The second-order valence-electron chi connectivity index (χ2n) is 3.18. The second-order valence-corrected chi connectivity index (χ2v) is 3.18. The zero-order valence-corrected chi connectivity index (χ0v) is 7.08. The van der Waals surface area contributed by atoms with Gasteiger partial charge >= 0.3 is 0 Å². The molecule has 1 fully saturated rings. The molecule has 3 heteroatoms. The van der Waals surface area contributed by atoms with E-state index in [4.69, 9.17) is 0 Å². The first kappa shape index (κ1) is 8.97. The molecule has 0 spiro atoms. The van der Waals surface area contributed by atoms with Gasteiger partial charge in [0.05, 0.1) is 0 Å². The minimum Gasteiger partial charge on any atom is -0.353 e. The molecule has 1 saturated heterocycles. The summed E-state index contributed by atoms with van der Waals surface area (Å²) in [6.45, 7) is 3.43. The zero-order valence-electron chi connectivity index (χ0n) is 7.08. The van der Waals surface area contributed by atoms with Crippen LogP contribution in [0.25, 0.3) is 0 Å². The van der Waals surface area contributed by atoms with E-state index in [1.165, 1.54) is 6.42 Å². The molecule has 1 heterocycles. The first-order valence-electron chi connectivity index (χ1n) is 4.36. The van der Waals surface area contributed by atoms with E-state index >= 15 is 0 Å². The standard InChI is InChI=1S/C8H17NO2/c1-2-8(10,11)9-6-4-3-5-7-9/h10-11H,2-7H2,1H3. The highest BCUT2D eigenvalue weighted by Crippen LogP contribution is 2.18. The van der Waals surface area contributed by atoms with Gasteiger partial charge in [-0.05, 0) is 12.8 Å². The number of likely N-dealkylation sites (tertiary alicyclic amines) is 1. The molecule has 1 aliphatic rings. The lowest BCUT2D eigenvalue weighted by Crippen LogP contribution is -2.50. The van der Waals surface area contributed by atoms with E-state index in [2.05, 4.69) is 0 Å². The van der Waals surface area contributed by atoms with Gasteiger partial charge in [0, 0.05) is 19.5 Å². The lowest BCUT2D eigenvalue weighted by molar-refractivity contribution is -0.268. The highest BCUT2D eigenvalue weighted by Gasteiger charge is 2.30. The number of piperidine rings is 1. The van der Waals surface area contributed by atoms with Crippen LogP contribution in [0.3, 0.4) is 0 Å². The number of aliphatic hydroxyl groups is 2. The number of nitrogens with zero attached hydrogens (tertiary/aromatic N) is 1. The molecule has 0 saturated carbocycles. The minimum atomic E-state index is -1.56. The lowest BCUT2D eigenvalue weighted by Gasteiger charge is -2.36. The average Bonchev–Trinajstić information content (AvgIpc) is 2.06. The van der Waals surface area contributed by atoms with Gasteiger partial charge in [-0.1, -0.05) is 13.3 Å². The van der Waals surface area contributed by atoms with Crippen molar-refractivity contribution in [3.05, 3.63) is 0 Å². The van der Waals surface area contributed by atoms with E-state index in [9.17, 15) is 10.2 Å². The summed E-state index contributed by atoms with van der Waals surface area (Å²) < 4.78 is 0. The van der Waals surface area contributed by atoms with Gasteiger partial charge in [-0.2, -0.15) is 0 Å². The Hall–Kier alpha value is -0.120. The summed E-state index contributed by atoms with van der Waals surface area (Å²) in [6, 6.07) is 0. The Bertz CT molecular complexity index is 119. The van der Waals surface area contributed by atoms with Crippen molar-refractivity contribution < 1.29 is 10.2 Å². The second kappa shape index (κ2) is 3.52.